The van der Waals surface area contributed by atoms with Crippen molar-refractivity contribution in [1.29, 1.82) is 0 Å². The van der Waals surface area contributed by atoms with Gasteiger partial charge in [-0.05, 0) is 6.07 Å². The van der Waals surface area contributed by atoms with Crippen molar-refractivity contribution in [3.05, 3.63) is 52.4 Å². The van der Waals surface area contributed by atoms with E-state index in [0.29, 0.717) is 23.8 Å². The van der Waals surface area contributed by atoms with Gasteiger partial charge in [0.25, 0.3) is 5.69 Å². The van der Waals surface area contributed by atoms with Crippen molar-refractivity contribution in [1.82, 2.24) is 14.8 Å². The molecule has 0 saturated heterocycles. The zero-order chi connectivity index (χ0) is 13.4. The van der Waals surface area contributed by atoms with E-state index < -0.39 is 4.92 Å². The fourth-order valence-corrected chi connectivity index (χ4v) is 2.07. The predicted octanol–water partition coefficient (Wildman–Crippen LogP) is 2.29. The van der Waals surface area contributed by atoms with Gasteiger partial charge in [0.05, 0.1) is 4.92 Å². The van der Waals surface area contributed by atoms with Crippen molar-refractivity contribution in [2.24, 2.45) is 0 Å². The van der Waals surface area contributed by atoms with E-state index in [0.717, 1.165) is 5.39 Å². The lowest BCUT2D eigenvalue weighted by Crippen LogP contribution is -2.00. The summed E-state index contributed by atoms with van der Waals surface area (Å²) >= 11 is 0. The zero-order valence-corrected chi connectivity index (χ0v) is 10.1. The number of nitro benzene ring substituents is 1. The summed E-state index contributed by atoms with van der Waals surface area (Å²) in [5.41, 5.74) is 0.627. The van der Waals surface area contributed by atoms with Crippen molar-refractivity contribution in [2.45, 2.75) is 13.5 Å². The van der Waals surface area contributed by atoms with Crippen molar-refractivity contribution < 1.29 is 9.34 Å². The number of nitro groups is 1. The van der Waals surface area contributed by atoms with Gasteiger partial charge in [-0.25, -0.2) is 0 Å². The van der Waals surface area contributed by atoms with E-state index in [-0.39, 0.29) is 5.69 Å². The minimum Gasteiger partial charge on any atom is -0.424 e. The van der Waals surface area contributed by atoms with Crippen LogP contribution in [0.3, 0.4) is 0 Å². The number of para-hydroxylation sites is 1. The fourth-order valence-electron chi connectivity index (χ4n) is 2.07. The molecule has 96 valence electrons. The quantitative estimate of drug-likeness (QED) is 0.531. The molecule has 2 aromatic heterocycles. The van der Waals surface area contributed by atoms with E-state index >= 15 is 0 Å². The monoisotopic (exact) mass is 258 g/mol. The number of nitrogens with zero attached hydrogens (tertiary/aromatic N) is 4. The summed E-state index contributed by atoms with van der Waals surface area (Å²) in [5.74, 6) is 0.897. The molecule has 0 saturated carbocycles. The van der Waals surface area contributed by atoms with Gasteiger partial charge in [-0.2, -0.15) is 0 Å². The Labute approximate surface area is 107 Å². The molecule has 19 heavy (non-hydrogen) atoms. The molecule has 1 aromatic carbocycles. The number of rotatable bonds is 3. The summed E-state index contributed by atoms with van der Waals surface area (Å²) in [5, 5.41) is 19.5. The fraction of sp³-hybridized carbons (Fsp3) is 0.167. The van der Waals surface area contributed by atoms with Gasteiger partial charge in [0, 0.05) is 24.6 Å². The van der Waals surface area contributed by atoms with Crippen molar-refractivity contribution in [2.75, 3.05) is 0 Å². The second kappa shape index (κ2) is 4.20. The highest BCUT2D eigenvalue weighted by Gasteiger charge is 2.16. The highest BCUT2D eigenvalue weighted by atomic mass is 16.6. The number of non-ortho nitro benzene ring substituents is 1. The molecule has 0 amide bonds. The molecule has 0 radical (unpaired) electrons. The molecule has 0 N–H and O–H groups in total. The number of aryl methyl sites for hydroxylation is 1. The number of fused-ring (bicyclic) bond motifs is 1. The van der Waals surface area contributed by atoms with Gasteiger partial charge in [0.15, 0.2) is 0 Å². The third kappa shape index (κ3) is 1.95. The molecule has 3 rings (SSSR count). The topological polar surface area (TPSA) is 87.0 Å². The Morgan fingerprint density at radius 2 is 2.21 bits per heavy atom. The van der Waals surface area contributed by atoms with Gasteiger partial charge < -0.3 is 8.98 Å². The van der Waals surface area contributed by atoms with Crippen LogP contribution in [0.25, 0.3) is 10.9 Å². The first kappa shape index (κ1) is 11.4. The Hall–Kier alpha value is -2.70. The van der Waals surface area contributed by atoms with Gasteiger partial charge in [0.1, 0.15) is 12.1 Å². The summed E-state index contributed by atoms with van der Waals surface area (Å²) in [6.45, 7) is 2.02. The normalized spacial score (nSPS) is 11.0. The highest BCUT2D eigenvalue weighted by Crippen LogP contribution is 2.26. The largest absolute Gasteiger partial charge is 0.424 e. The number of benzene rings is 1. The average molecular weight is 258 g/mol. The molecule has 0 aliphatic heterocycles. The van der Waals surface area contributed by atoms with Gasteiger partial charge >= 0.3 is 0 Å². The second-order valence-corrected chi connectivity index (χ2v) is 4.13. The first-order chi connectivity index (χ1) is 9.15. The summed E-state index contributed by atoms with van der Waals surface area (Å²) in [7, 11) is 0. The minimum absolute atomic E-state index is 0.0683. The molecule has 0 atom stereocenters. The summed E-state index contributed by atoms with van der Waals surface area (Å²) in [6.07, 6.45) is 1.78. The van der Waals surface area contributed by atoms with Crippen LogP contribution in [-0.2, 0) is 6.54 Å². The van der Waals surface area contributed by atoms with Crippen LogP contribution in [0.1, 0.15) is 11.8 Å². The maximum atomic E-state index is 11.1. The number of hydrogen-bond acceptors (Lipinski definition) is 5. The Kier molecular flexibility index (Phi) is 2.52. The Balaban J connectivity index is 2.11. The van der Waals surface area contributed by atoms with Gasteiger partial charge in [0.2, 0.25) is 11.8 Å². The van der Waals surface area contributed by atoms with Crippen molar-refractivity contribution in [3.63, 3.8) is 0 Å². The summed E-state index contributed by atoms with van der Waals surface area (Å²) in [6, 6.07) is 6.81. The first-order valence-electron chi connectivity index (χ1n) is 5.66. The maximum absolute atomic E-state index is 11.1. The molecule has 2 heterocycles. The molecular weight excluding hydrogens is 248 g/mol. The van der Waals surface area contributed by atoms with Gasteiger partial charge in [-0.3, -0.25) is 10.1 Å². The Morgan fingerprint density at radius 3 is 2.89 bits per heavy atom. The second-order valence-electron chi connectivity index (χ2n) is 4.13. The van der Waals surface area contributed by atoms with Gasteiger partial charge in [-0.15, -0.1) is 10.2 Å². The Bertz CT molecular complexity index is 759. The van der Waals surface area contributed by atoms with Gasteiger partial charge in [-0.1, -0.05) is 12.1 Å². The van der Waals surface area contributed by atoms with Crippen LogP contribution in [0, 0.1) is 17.0 Å². The molecule has 7 nitrogen and oxygen atoms in total. The third-order valence-electron chi connectivity index (χ3n) is 2.84. The summed E-state index contributed by atoms with van der Waals surface area (Å²) < 4.78 is 7.03. The van der Waals surface area contributed by atoms with E-state index in [1.54, 1.807) is 23.8 Å². The lowest BCUT2D eigenvalue weighted by Gasteiger charge is -2.02. The van der Waals surface area contributed by atoms with Crippen molar-refractivity contribution in [3.8, 4) is 0 Å². The Morgan fingerprint density at radius 1 is 1.37 bits per heavy atom. The van der Waals surface area contributed by atoms with E-state index in [1.165, 1.54) is 6.07 Å². The zero-order valence-electron chi connectivity index (χ0n) is 10.1. The smallest absolute Gasteiger partial charge is 0.293 e. The number of hydrogen-bond donors (Lipinski definition) is 0. The van der Waals surface area contributed by atoms with Crippen LogP contribution in [0.2, 0.25) is 0 Å². The van der Waals surface area contributed by atoms with Crippen LogP contribution >= 0.6 is 0 Å². The minimum atomic E-state index is -0.391. The average Bonchev–Trinajstić information content (AvgIpc) is 2.97. The predicted molar refractivity (Wildman–Crippen MR) is 66.7 cm³/mol. The van der Waals surface area contributed by atoms with E-state index in [1.807, 2.05) is 12.1 Å². The van der Waals surface area contributed by atoms with E-state index in [2.05, 4.69) is 10.2 Å². The van der Waals surface area contributed by atoms with Crippen LogP contribution < -0.4 is 0 Å². The molecule has 0 spiro atoms. The molecule has 3 aromatic rings. The van der Waals surface area contributed by atoms with Crippen LogP contribution in [0.15, 0.2) is 34.9 Å². The van der Waals surface area contributed by atoms with Crippen LogP contribution in [0.5, 0.6) is 0 Å². The third-order valence-corrected chi connectivity index (χ3v) is 2.84. The van der Waals surface area contributed by atoms with E-state index in [9.17, 15) is 10.1 Å². The molecule has 0 bridgehead atoms. The standard InChI is InChI=1S/C12H10N4O3/c1-8-13-14-11(19-8)7-15-6-5-9-3-2-4-10(12(9)15)16(17)18/h2-6H,7H2,1H3. The maximum Gasteiger partial charge on any atom is 0.293 e. The molecule has 0 fully saturated rings. The van der Waals surface area contributed by atoms with Crippen LogP contribution in [-0.4, -0.2) is 19.7 Å². The molecule has 7 heteroatoms. The molecule has 0 aliphatic carbocycles. The number of aromatic nitrogens is 3. The first-order valence-corrected chi connectivity index (χ1v) is 5.66. The summed E-state index contributed by atoms with van der Waals surface area (Å²) in [4.78, 5) is 10.7. The molecular formula is C12H10N4O3. The van der Waals surface area contributed by atoms with E-state index in [4.69, 9.17) is 4.42 Å². The highest BCUT2D eigenvalue weighted by molar-refractivity contribution is 5.88. The van der Waals surface area contributed by atoms with Crippen LogP contribution in [0.4, 0.5) is 5.69 Å². The SMILES string of the molecule is Cc1nnc(Cn2ccc3cccc([N+](=O)[O-])c32)o1. The lowest BCUT2D eigenvalue weighted by atomic mass is 10.2. The molecule has 0 unspecified atom stereocenters. The lowest BCUT2D eigenvalue weighted by molar-refractivity contribution is -0.383. The van der Waals surface area contributed by atoms with Crippen molar-refractivity contribution >= 4 is 16.6 Å². The molecule has 0 aliphatic rings.